The van der Waals surface area contributed by atoms with Gasteiger partial charge in [-0.15, -0.1) is 11.8 Å². The van der Waals surface area contributed by atoms with Crippen molar-refractivity contribution in [3.05, 3.63) is 23.0 Å². The molecule has 0 unspecified atom stereocenters. The molecule has 3 nitrogen and oxygen atoms in total. The van der Waals surface area contributed by atoms with Crippen molar-refractivity contribution in [2.75, 3.05) is 12.9 Å². The first-order valence-electron chi connectivity index (χ1n) is 4.05. The minimum atomic E-state index is -0.481. The molecule has 1 aromatic rings. The van der Waals surface area contributed by atoms with Gasteiger partial charge in [0.05, 0.1) is 11.6 Å². The van der Waals surface area contributed by atoms with E-state index in [9.17, 15) is 4.79 Å². The van der Waals surface area contributed by atoms with Gasteiger partial charge in [-0.3, -0.25) is 0 Å². The Bertz CT molecular complexity index is 344. The van der Waals surface area contributed by atoms with Crippen molar-refractivity contribution < 1.29 is 9.53 Å². The van der Waals surface area contributed by atoms with Crippen LogP contribution in [0, 0.1) is 0 Å². The molecule has 5 heteroatoms. The lowest BCUT2D eigenvalue weighted by molar-refractivity contribution is 0.0519. The topological polar surface area (TPSA) is 39.2 Å². The molecule has 1 rings (SSSR count). The summed E-state index contributed by atoms with van der Waals surface area (Å²) in [6, 6.07) is 1.70. The summed E-state index contributed by atoms with van der Waals surface area (Å²) in [4.78, 5) is 16.1. The lowest BCUT2D eigenvalue weighted by Gasteiger charge is -2.03. The Morgan fingerprint density at radius 3 is 2.93 bits per heavy atom. The van der Waals surface area contributed by atoms with E-state index < -0.39 is 5.97 Å². The third-order valence-corrected chi connectivity index (χ3v) is 2.50. The molecule has 0 saturated carbocycles. The van der Waals surface area contributed by atoms with Crippen LogP contribution in [0.5, 0.6) is 0 Å². The fraction of sp³-hybridized carbons (Fsp3) is 0.333. The molecule has 0 radical (unpaired) electrons. The molecule has 0 amide bonds. The van der Waals surface area contributed by atoms with Crippen LogP contribution in [0.15, 0.2) is 17.2 Å². The molecule has 0 saturated heterocycles. The number of esters is 1. The number of aromatic nitrogens is 1. The summed E-state index contributed by atoms with van der Waals surface area (Å²) in [6.07, 6.45) is 3.51. The molecule has 0 aliphatic carbocycles. The number of carbonyl (C=O) groups excluding carboxylic acids is 1. The number of thioether (sulfide) groups is 1. The summed E-state index contributed by atoms with van der Waals surface area (Å²) in [7, 11) is 0. The minimum absolute atomic E-state index is 0.173. The van der Waals surface area contributed by atoms with E-state index in [1.807, 2.05) is 6.26 Å². The highest BCUT2D eigenvalue weighted by Crippen LogP contribution is 2.21. The standard InChI is InChI=1S/C9H10ClNO2S/c1-3-13-9(12)8-7(10)4-6(14-2)5-11-8/h4-5H,3H2,1-2H3. The molecule has 0 N–H and O–H groups in total. The summed E-state index contributed by atoms with van der Waals surface area (Å²) in [5, 5.41) is 0.329. The summed E-state index contributed by atoms with van der Waals surface area (Å²) < 4.78 is 4.79. The second-order valence-electron chi connectivity index (χ2n) is 2.43. The largest absolute Gasteiger partial charge is 0.461 e. The average molecular weight is 232 g/mol. The van der Waals surface area contributed by atoms with E-state index in [0.717, 1.165) is 4.90 Å². The van der Waals surface area contributed by atoms with Gasteiger partial charge in [-0.25, -0.2) is 9.78 Å². The molecule has 1 heterocycles. The first-order chi connectivity index (χ1) is 6.69. The predicted octanol–water partition coefficient (Wildman–Crippen LogP) is 2.63. The molecule has 0 spiro atoms. The number of hydrogen-bond donors (Lipinski definition) is 0. The normalized spacial score (nSPS) is 9.93. The van der Waals surface area contributed by atoms with Gasteiger partial charge in [0.25, 0.3) is 0 Å². The molecule has 0 aromatic carbocycles. The fourth-order valence-corrected chi connectivity index (χ4v) is 1.58. The maximum atomic E-state index is 11.3. The highest BCUT2D eigenvalue weighted by Gasteiger charge is 2.13. The first kappa shape index (κ1) is 11.3. The van der Waals surface area contributed by atoms with Crippen LogP contribution in [0.3, 0.4) is 0 Å². The Morgan fingerprint density at radius 1 is 1.71 bits per heavy atom. The molecule has 0 atom stereocenters. The van der Waals surface area contributed by atoms with Crippen LogP contribution in [0.4, 0.5) is 0 Å². The van der Waals surface area contributed by atoms with Crippen molar-refractivity contribution >= 4 is 29.3 Å². The van der Waals surface area contributed by atoms with E-state index in [0.29, 0.717) is 11.6 Å². The molecule has 14 heavy (non-hydrogen) atoms. The minimum Gasteiger partial charge on any atom is -0.461 e. The van der Waals surface area contributed by atoms with Gasteiger partial charge in [0.1, 0.15) is 0 Å². The molecule has 0 bridgehead atoms. The Morgan fingerprint density at radius 2 is 2.43 bits per heavy atom. The zero-order valence-corrected chi connectivity index (χ0v) is 9.48. The van der Waals surface area contributed by atoms with Crippen LogP contribution in [0.1, 0.15) is 17.4 Å². The zero-order valence-electron chi connectivity index (χ0n) is 7.91. The fourth-order valence-electron chi connectivity index (χ4n) is 0.882. The number of rotatable bonds is 3. The van der Waals surface area contributed by atoms with E-state index in [4.69, 9.17) is 16.3 Å². The average Bonchev–Trinajstić information content (AvgIpc) is 2.17. The smallest absolute Gasteiger partial charge is 0.358 e. The Balaban J connectivity index is 2.94. The van der Waals surface area contributed by atoms with Crippen molar-refractivity contribution in [1.82, 2.24) is 4.98 Å². The third kappa shape index (κ3) is 2.62. The lowest BCUT2D eigenvalue weighted by Crippen LogP contribution is -2.07. The molecule has 0 aliphatic heterocycles. The third-order valence-electron chi connectivity index (χ3n) is 1.52. The van der Waals surface area contributed by atoms with E-state index in [2.05, 4.69) is 4.98 Å². The van der Waals surface area contributed by atoms with Crippen molar-refractivity contribution in [3.63, 3.8) is 0 Å². The highest BCUT2D eigenvalue weighted by atomic mass is 35.5. The van der Waals surface area contributed by atoms with E-state index in [-0.39, 0.29) is 5.69 Å². The van der Waals surface area contributed by atoms with Gasteiger partial charge < -0.3 is 4.74 Å². The van der Waals surface area contributed by atoms with Gasteiger partial charge in [0.2, 0.25) is 0 Å². The van der Waals surface area contributed by atoms with Crippen LogP contribution in [0.25, 0.3) is 0 Å². The van der Waals surface area contributed by atoms with Gasteiger partial charge in [0, 0.05) is 11.1 Å². The second-order valence-corrected chi connectivity index (χ2v) is 3.71. The number of ether oxygens (including phenoxy) is 1. The van der Waals surface area contributed by atoms with Crippen LogP contribution >= 0.6 is 23.4 Å². The summed E-state index contributed by atoms with van der Waals surface area (Å²) in [5.74, 6) is -0.481. The quantitative estimate of drug-likeness (QED) is 0.592. The van der Waals surface area contributed by atoms with Crippen molar-refractivity contribution in [2.45, 2.75) is 11.8 Å². The van der Waals surface area contributed by atoms with E-state index >= 15 is 0 Å². The molecular weight excluding hydrogens is 222 g/mol. The van der Waals surface area contributed by atoms with Crippen molar-refractivity contribution in [1.29, 1.82) is 0 Å². The summed E-state index contributed by atoms with van der Waals surface area (Å²) >= 11 is 7.38. The van der Waals surface area contributed by atoms with Crippen molar-refractivity contribution in [3.8, 4) is 0 Å². The highest BCUT2D eigenvalue weighted by molar-refractivity contribution is 7.98. The number of carbonyl (C=O) groups is 1. The summed E-state index contributed by atoms with van der Waals surface area (Å²) in [6.45, 7) is 2.06. The number of hydrogen-bond acceptors (Lipinski definition) is 4. The maximum absolute atomic E-state index is 11.3. The maximum Gasteiger partial charge on any atom is 0.358 e. The number of pyridine rings is 1. The first-order valence-corrected chi connectivity index (χ1v) is 5.66. The zero-order chi connectivity index (χ0) is 10.6. The Kier molecular flexibility index (Phi) is 4.22. The SMILES string of the molecule is CCOC(=O)c1ncc(SC)cc1Cl. The molecule has 1 aromatic heterocycles. The number of halogens is 1. The van der Waals surface area contributed by atoms with E-state index in [1.54, 1.807) is 19.2 Å². The molecule has 0 fully saturated rings. The number of nitrogens with zero attached hydrogens (tertiary/aromatic N) is 1. The monoisotopic (exact) mass is 231 g/mol. The van der Waals surface area contributed by atoms with Gasteiger partial charge in [-0.05, 0) is 19.2 Å². The predicted molar refractivity (Wildman–Crippen MR) is 57.0 cm³/mol. The van der Waals surface area contributed by atoms with Gasteiger partial charge >= 0.3 is 5.97 Å². The van der Waals surface area contributed by atoms with Crippen LogP contribution < -0.4 is 0 Å². The van der Waals surface area contributed by atoms with Crippen LogP contribution in [-0.4, -0.2) is 23.8 Å². The molecule has 0 aliphatic rings. The van der Waals surface area contributed by atoms with Gasteiger partial charge in [-0.2, -0.15) is 0 Å². The molecular formula is C9H10ClNO2S. The van der Waals surface area contributed by atoms with Gasteiger partial charge in [-0.1, -0.05) is 11.6 Å². The molecule has 76 valence electrons. The van der Waals surface area contributed by atoms with Crippen LogP contribution in [0.2, 0.25) is 5.02 Å². The van der Waals surface area contributed by atoms with Gasteiger partial charge in [0.15, 0.2) is 5.69 Å². The van der Waals surface area contributed by atoms with Crippen molar-refractivity contribution in [2.24, 2.45) is 0 Å². The lowest BCUT2D eigenvalue weighted by atomic mass is 10.3. The Labute approximate surface area is 91.8 Å². The van der Waals surface area contributed by atoms with E-state index in [1.165, 1.54) is 11.8 Å². The summed E-state index contributed by atoms with van der Waals surface area (Å²) in [5.41, 5.74) is 0.173. The second kappa shape index (κ2) is 5.22. The van der Waals surface area contributed by atoms with Crippen LogP contribution in [-0.2, 0) is 4.74 Å². The Hall–Kier alpha value is -0.740.